The average Bonchev–Trinajstić information content (AvgIpc) is 3.49. The molecule has 2 amide bonds. The van der Waals surface area contributed by atoms with Gasteiger partial charge in [-0.25, -0.2) is 0 Å². The summed E-state index contributed by atoms with van der Waals surface area (Å²) in [6, 6.07) is 8.63. The van der Waals surface area contributed by atoms with Crippen LogP contribution in [-0.2, 0) is 16.1 Å². The second kappa shape index (κ2) is 7.71. The molecule has 2 aliphatic rings. The van der Waals surface area contributed by atoms with Gasteiger partial charge in [0.2, 0.25) is 23.7 Å². The van der Waals surface area contributed by atoms with Crippen LogP contribution in [0.2, 0.25) is 0 Å². The molecule has 0 bridgehead atoms. The molecule has 0 spiro atoms. The molecule has 0 radical (unpaired) electrons. The molecule has 10 heteroatoms. The third kappa shape index (κ3) is 3.57. The highest BCUT2D eigenvalue weighted by molar-refractivity contribution is 7.18. The van der Waals surface area contributed by atoms with Crippen LogP contribution in [0.1, 0.15) is 18.4 Å². The molecule has 4 heterocycles. The predicted octanol–water partition coefficient (Wildman–Crippen LogP) is 2.46. The lowest BCUT2D eigenvalue weighted by atomic mass is 10.1. The summed E-state index contributed by atoms with van der Waals surface area (Å²) < 4.78 is 10.7. The zero-order chi connectivity index (χ0) is 20.5. The number of aromatic nitrogens is 3. The summed E-state index contributed by atoms with van der Waals surface area (Å²) in [5.41, 5.74) is 1.76. The summed E-state index contributed by atoms with van der Waals surface area (Å²) in [6.45, 7) is 0.516. The molecule has 1 saturated heterocycles. The van der Waals surface area contributed by atoms with E-state index in [1.165, 1.54) is 11.3 Å². The molecule has 0 aliphatic carbocycles. The third-order valence-electron chi connectivity index (χ3n) is 5.00. The summed E-state index contributed by atoms with van der Waals surface area (Å²) >= 11 is 1.28. The monoisotopic (exact) mass is 423 g/mol. The number of likely N-dealkylation sites (tertiary alicyclic amines) is 1. The van der Waals surface area contributed by atoms with Crippen molar-refractivity contribution in [1.29, 1.82) is 0 Å². The number of benzene rings is 1. The van der Waals surface area contributed by atoms with Gasteiger partial charge in [0.25, 0.3) is 0 Å². The Bertz CT molecular complexity index is 1100. The summed E-state index contributed by atoms with van der Waals surface area (Å²) in [6.07, 6.45) is 4.15. The number of anilines is 1. The number of pyridine rings is 1. The Kier molecular flexibility index (Phi) is 4.75. The molecule has 1 N–H and O–H groups in total. The first-order chi connectivity index (χ1) is 14.7. The molecule has 152 valence electrons. The lowest BCUT2D eigenvalue weighted by Gasteiger charge is -2.23. The van der Waals surface area contributed by atoms with Crippen LogP contribution in [0.4, 0.5) is 5.13 Å². The largest absolute Gasteiger partial charge is 0.454 e. The molecule has 2 aromatic heterocycles. The van der Waals surface area contributed by atoms with E-state index in [4.69, 9.17) is 9.47 Å². The van der Waals surface area contributed by atoms with Gasteiger partial charge >= 0.3 is 0 Å². The van der Waals surface area contributed by atoms with Crippen LogP contribution in [0, 0.1) is 0 Å². The lowest BCUT2D eigenvalue weighted by Crippen LogP contribution is -2.41. The standard InChI is InChI=1S/C20H17N5O4S/c26-17-4-2-14(25(17)10-12-1-3-15-16(9-12)29-11-28-15)18(27)22-20-24-23-19(30-20)13-5-7-21-8-6-13/h1,3,5-9,14H,2,4,10-11H2,(H,22,24,27). The fourth-order valence-corrected chi connectivity index (χ4v) is 4.27. The number of nitrogens with one attached hydrogen (secondary N) is 1. The Labute approximate surface area is 175 Å². The SMILES string of the molecule is O=C(Nc1nnc(-c2ccncc2)s1)C1CCC(=O)N1Cc1ccc2c(c1)OCO2. The van der Waals surface area contributed by atoms with Gasteiger partial charge < -0.3 is 14.4 Å². The van der Waals surface area contributed by atoms with Crippen LogP contribution >= 0.6 is 11.3 Å². The van der Waals surface area contributed by atoms with Crippen LogP contribution in [0.5, 0.6) is 11.5 Å². The fraction of sp³-hybridized carbons (Fsp3) is 0.250. The smallest absolute Gasteiger partial charge is 0.249 e. The number of carbonyl (C=O) groups excluding carboxylic acids is 2. The minimum atomic E-state index is -0.559. The van der Waals surface area contributed by atoms with E-state index in [1.807, 2.05) is 30.3 Å². The van der Waals surface area contributed by atoms with Gasteiger partial charge in [-0.15, -0.1) is 10.2 Å². The lowest BCUT2D eigenvalue weighted by molar-refractivity contribution is -0.133. The third-order valence-corrected chi connectivity index (χ3v) is 5.89. The van der Waals surface area contributed by atoms with E-state index >= 15 is 0 Å². The Hall–Kier alpha value is -3.53. The van der Waals surface area contributed by atoms with Crippen LogP contribution in [-0.4, -0.2) is 44.7 Å². The van der Waals surface area contributed by atoms with Crippen molar-refractivity contribution >= 4 is 28.3 Å². The molecule has 0 saturated carbocycles. The minimum Gasteiger partial charge on any atom is -0.454 e. The van der Waals surface area contributed by atoms with Crippen molar-refractivity contribution in [2.75, 3.05) is 12.1 Å². The van der Waals surface area contributed by atoms with Crippen LogP contribution in [0.25, 0.3) is 10.6 Å². The molecule has 5 rings (SSSR count). The van der Waals surface area contributed by atoms with E-state index in [1.54, 1.807) is 17.3 Å². The van der Waals surface area contributed by atoms with Gasteiger partial charge in [0.15, 0.2) is 11.5 Å². The van der Waals surface area contributed by atoms with Gasteiger partial charge in [0.1, 0.15) is 11.0 Å². The van der Waals surface area contributed by atoms with E-state index in [0.29, 0.717) is 41.0 Å². The summed E-state index contributed by atoms with van der Waals surface area (Å²) in [4.78, 5) is 30.9. The molecule has 2 aliphatic heterocycles. The molecule has 1 unspecified atom stereocenters. The first-order valence-electron chi connectivity index (χ1n) is 9.40. The number of hydrogen-bond acceptors (Lipinski definition) is 8. The number of nitrogens with zero attached hydrogens (tertiary/aromatic N) is 4. The highest BCUT2D eigenvalue weighted by Gasteiger charge is 2.36. The van der Waals surface area contributed by atoms with Crippen LogP contribution in [0.3, 0.4) is 0 Å². The Morgan fingerprint density at radius 3 is 2.87 bits per heavy atom. The molecule has 9 nitrogen and oxygen atoms in total. The Balaban J connectivity index is 1.29. The number of carbonyl (C=O) groups is 2. The number of amides is 2. The summed E-state index contributed by atoms with van der Waals surface area (Å²) in [5, 5.41) is 12.1. The maximum Gasteiger partial charge on any atom is 0.249 e. The van der Waals surface area contributed by atoms with Crippen LogP contribution < -0.4 is 14.8 Å². The highest BCUT2D eigenvalue weighted by Crippen LogP contribution is 2.34. The summed E-state index contributed by atoms with van der Waals surface area (Å²) in [7, 11) is 0. The number of rotatable bonds is 5. The number of hydrogen-bond donors (Lipinski definition) is 1. The van der Waals surface area contributed by atoms with Gasteiger partial charge in [-0.3, -0.25) is 19.9 Å². The molecule has 1 aromatic carbocycles. The van der Waals surface area contributed by atoms with Gasteiger partial charge in [-0.05, 0) is 36.2 Å². The zero-order valence-electron chi connectivity index (χ0n) is 15.8. The van der Waals surface area contributed by atoms with Crippen molar-refractivity contribution in [2.45, 2.75) is 25.4 Å². The quantitative estimate of drug-likeness (QED) is 0.672. The number of ether oxygens (including phenoxy) is 2. The zero-order valence-corrected chi connectivity index (χ0v) is 16.6. The summed E-state index contributed by atoms with van der Waals surface area (Å²) in [5.74, 6) is 1.02. The van der Waals surface area contributed by atoms with Gasteiger partial charge in [-0.1, -0.05) is 17.4 Å². The second-order valence-corrected chi connectivity index (χ2v) is 7.88. The molecule has 1 fully saturated rings. The van der Waals surface area contributed by atoms with E-state index < -0.39 is 6.04 Å². The molecule has 30 heavy (non-hydrogen) atoms. The van der Waals surface area contributed by atoms with Gasteiger partial charge in [0, 0.05) is 30.9 Å². The fourth-order valence-electron chi connectivity index (χ4n) is 3.51. The topological polar surface area (TPSA) is 107 Å². The van der Waals surface area contributed by atoms with E-state index in [2.05, 4.69) is 20.5 Å². The molecular weight excluding hydrogens is 406 g/mol. The second-order valence-electron chi connectivity index (χ2n) is 6.90. The van der Waals surface area contributed by atoms with Crippen molar-refractivity contribution in [2.24, 2.45) is 0 Å². The minimum absolute atomic E-state index is 0.0532. The maximum absolute atomic E-state index is 12.9. The number of fused-ring (bicyclic) bond motifs is 1. The van der Waals surface area contributed by atoms with Crippen molar-refractivity contribution in [3.8, 4) is 22.1 Å². The van der Waals surface area contributed by atoms with E-state index in [9.17, 15) is 9.59 Å². The molecule has 1 atom stereocenters. The average molecular weight is 423 g/mol. The van der Waals surface area contributed by atoms with Gasteiger partial charge in [0.05, 0.1) is 0 Å². The Morgan fingerprint density at radius 2 is 2.00 bits per heavy atom. The van der Waals surface area contributed by atoms with Crippen LogP contribution in [0.15, 0.2) is 42.7 Å². The van der Waals surface area contributed by atoms with Crippen molar-refractivity contribution in [3.05, 3.63) is 48.3 Å². The predicted molar refractivity (Wildman–Crippen MR) is 108 cm³/mol. The Morgan fingerprint density at radius 1 is 1.17 bits per heavy atom. The first kappa shape index (κ1) is 18.5. The molecule has 3 aromatic rings. The van der Waals surface area contributed by atoms with E-state index in [-0.39, 0.29) is 18.6 Å². The van der Waals surface area contributed by atoms with Gasteiger partial charge in [-0.2, -0.15) is 0 Å². The first-order valence-corrected chi connectivity index (χ1v) is 10.2. The van der Waals surface area contributed by atoms with Crippen molar-refractivity contribution < 1.29 is 19.1 Å². The normalized spacial score (nSPS) is 17.4. The maximum atomic E-state index is 12.9. The highest BCUT2D eigenvalue weighted by atomic mass is 32.1. The van der Waals surface area contributed by atoms with E-state index in [0.717, 1.165) is 11.1 Å². The molecular formula is C20H17N5O4S. The van der Waals surface area contributed by atoms with Crippen molar-refractivity contribution in [1.82, 2.24) is 20.1 Å². The van der Waals surface area contributed by atoms with Crippen molar-refractivity contribution in [3.63, 3.8) is 0 Å².